The monoisotopic (exact) mass is 480 g/mol. The van der Waals surface area contributed by atoms with Crippen molar-refractivity contribution < 1.29 is 29.5 Å². The predicted molar refractivity (Wildman–Crippen MR) is 119 cm³/mol. The summed E-state index contributed by atoms with van der Waals surface area (Å²) in [6.45, 7) is 1.24. The molecule has 1 saturated carbocycles. The smallest absolute Gasteiger partial charge is 0.257 e. The van der Waals surface area contributed by atoms with E-state index in [0.717, 1.165) is 25.7 Å². The Morgan fingerprint density at radius 2 is 2.06 bits per heavy atom. The van der Waals surface area contributed by atoms with Crippen LogP contribution in [-0.4, -0.2) is 96.3 Å². The molecule has 1 aliphatic carbocycles. The largest absolute Gasteiger partial charge is 0.468 e. The van der Waals surface area contributed by atoms with E-state index in [0.29, 0.717) is 30.2 Å². The third-order valence-electron chi connectivity index (χ3n) is 6.40. The van der Waals surface area contributed by atoms with E-state index in [1.807, 2.05) is 0 Å². The third kappa shape index (κ3) is 4.61. The number of fused-ring (bicyclic) bond motifs is 1. The van der Waals surface area contributed by atoms with Crippen LogP contribution in [0.25, 0.3) is 11.2 Å². The molecule has 180 valence electrons. The molecule has 0 aromatic carbocycles. The molecule has 7 atom stereocenters. The van der Waals surface area contributed by atoms with Crippen LogP contribution in [0.1, 0.15) is 31.9 Å². The number of thiocarbonyl (C=S) groups is 1. The van der Waals surface area contributed by atoms with E-state index in [1.54, 1.807) is 4.57 Å². The van der Waals surface area contributed by atoms with Gasteiger partial charge in [0.1, 0.15) is 31.2 Å². The molecule has 5 rings (SSSR count). The Balaban J connectivity index is 1.24. The molecule has 4 heterocycles. The molecular formula is C20H28N6O6S. The number of ether oxygens (including phenoxy) is 3. The number of aromatic nitrogens is 4. The lowest BCUT2D eigenvalue weighted by molar-refractivity contribution is -0.0493. The highest BCUT2D eigenvalue weighted by molar-refractivity contribution is 7.80. The molecule has 0 amide bonds. The summed E-state index contributed by atoms with van der Waals surface area (Å²) in [5, 5.41) is 37.5. The van der Waals surface area contributed by atoms with Gasteiger partial charge in [-0.2, -0.15) is 0 Å². The minimum Gasteiger partial charge on any atom is -0.468 e. The molecule has 5 N–H and O–H groups in total. The number of anilines is 1. The number of rotatable bonds is 6. The summed E-state index contributed by atoms with van der Waals surface area (Å²) in [5.74, 6) is 0.577. The fourth-order valence-electron chi connectivity index (χ4n) is 4.54. The first-order valence-electron chi connectivity index (χ1n) is 11.2. The maximum absolute atomic E-state index is 10.7. The van der Waals surface area contributed by atoms with Crippen molar-refractivity contribution in [3.63, 3.8) is 0 Å². The molecule has 12 nitrogen and oxygen atoms in total. The first kappa shape index (κ1) is 22.6. The zero-order chi connectivity index (χ0) is 22.9. The van der Waals surface area contributed by atoms with E-state index in [1.165, 1.54) is 12.7 Å². The van der Waals surface area contributed by atoms with Crippen LogP contribution < -0.4 is 10.6 Å². The molecule has 2 aromatic heterocycles. The van der Waals surface area contributed by atoms with Crippen LogP contribution in [0.4, 0.5) is 5.82 Å². The van der Waals surface area contributed by atoms with Gasteiger partial charge in [0.15, 0.2) is 23.2 Å². The van der Waals surface area contributed by atoms with Gasteiger partial charge in [-0.15, -0.1) is 0 Å². The molecule has 2 unspecified atom stereocenters. The van der Waals surface area contributed by atoms with E-state index >= 15 is 0 Å². The Morgan fingerprint density at radius 1 is 1.18 bits per heavy atom. The van der Waals surface area contributed by atoms with Crippen molar-refractivity contribution in [1.82, 2.24) is 24.8 Å². The summed E-state index contributed by atoms with van der Waals surface area (Å²) < 4.78 is 18.4. The fourth-order valence-corrected chi connectivity index (χ4v) is 4.76. The number of imidazole rings is 1. The van der Waals surface area contributed by atoms with Gasteiger partial charge in [0.2, 0.25) is 0 Å². The Morgan fingerprint density at radius 3 is 2.82 bits per heavy atom. The molecule has 33 heavy (non-hydrogen) atoms. The van der Waals surface area contributed by atoms with Crippen molar-refractivity contribution in [3.05, 3.63) is 12.7 Å². The van der Waals surface area contributed by atoms with E-state index in [-0.39, 0.29) is 23.9 Å². The highest BCUT2D eigenvalue weighted by Gasteiger charge is 2.45. The van der Waals surface area contributed by atoms with Crippen LogP contribution in [0, 0.1) is 0 Å². The van der Waals surface area contributed by atoms with E-state index in [4.69, 9.17) is 26.4 Å². The van der Waals surface area contributed by atoms with Crippen LogP contribution in [-0.2, 0) is 14.2 Å². The van der Waals surface area contributed by atoms with Crippen LogP contribution >= 0.6 is 12.2 Å². The molecule has 3 fully saturated rings. The van der Waals surface area contributed by atoms with Gasteiger partial charge in [0, 0.05) is 6.61 Å². The van der Waals surface area contributed by atoms with Crippen molar-refractivity contribution in [3.8, 4) is 0 Å². The van der Waals surface area contributed by atoms with Crippen molar-refractivity contribution in [2.24, 2.45) is 0 Å². The first-order valence-corrected chi connectivity index (χ1v) is 11.6. The Labute approximate surface area is 195 Å². The van der Waals surface area contributed by atoms with Crippen LogP contribution in [0.15, 0.2) is 12.7 Å². The SMILES string of the molecule is O[C@@H]1CCC[C@H]1NC(=S)OCC1OC(n2cnc3c(N[C@@H]4CCOC4)ncnc32)[C@H](O)[C@@H]1O. The summed E-state index contributed by atoms with van der Waals surface area (Å²) in [6, 6.07) is 0.00794. The normalized spacial score (nSPS) is 34.1. The van der Waals surface area contributed by atoms with Crippen molar-refractivity contribution in [2.45, 2.75) is 68.4 Å². The fraction of sp³-hybridized carbons (Fsp3) is 0.700. The minimum absolute atomic E-state index is 0.0561. The highest BCUT2D eigenvalue weighted by Crippen LogP contribution is 2.32. The summed E-state index contributed by atoms with van der Waals surface area (Å²) in [7, 11) is 0. The van der Waals surface area contributed by atoms with Gasteiger partial charge in [-0.05, 0) is 37.9 Å². The lowest BCUT2D eigenvalue weighted by Crippen LogP contribution is -2.42. The predicted octanol–water partition coefficient (Wildman–Crippen LogP) is -0.549. The van der Waals surface area contributed by atoms with Gasteiger partial charge in [0.05, 0.1) is 31.1 Å². The van der Waals surface area contributed by atoms with Gasteiger partial charge >= 0.3 is 0 Å². The van der Waals surface area contributed by atoms with Gasteiger partial charge in [-0.3, -0.25) is 4.57 Å². The van der Waals surface area contributed by atoms with Crippen molar-refractivity contribution >= 4 is 34.4 Å². The number of aliphatic hydroxyl groups is 3. The second-order valence-corrected chi connectivity index (χ2v) is 9.02. The molecule has 2 aromatic rings. The van der Waals surface area contributed by atoms with Crippen LogP contribution in [0.5, 0.6) is 0 Å². The van der Waals surface area contributed by atoms with Crippen molar-refractivity contribution in [1.29, 1.82) is 0 Å². The van der Waals surface area contributed by atoms with Gasteiger partial charge in [-0.1, -0.05) is 0 Å². The molecule has 3 aliphatic rings. The molecule has 13 heteroatoms. The first-order chi connectivity index (χ1) is 16.0. The molecule has 0 radical (unpaired) electrons. The molecule has 2 aliphatic heterocycles. The summed E-state index contributed by atoms with van der Waals surface area (Å²) in [4.78, 5) is 13.0. The number of nitrogens with zero attached hydrogens (tertiary/aromatic N) is 4. The maximum Gasteiger partial charge on any atom is 0.257 e. The Kier molecular flexibility index (Phi) is 6.58. The second kappa shape index (κ2) is 9.60. The second-order valence-electron chi connectivity index (χ2n) is 8.65. The number of aliphatic hydroxyl groups excluding tert-OH is 3. The average Bonchev–Trinajstić information content (AvgIpc) is 3.59. The van der Waals surface area contributed by atoms with Crippen LogP contribution in [0.3, 0.4) is 0 Å². The molecule has 2 saturated heterocycles. The number of hydrogen-bond acceptors (Lipinski definition) is 11. The molecular weight excluding hydrogens is 452 g/mol. The Hall–Kier alpha value is -2.16. The quantitative estimate of drug-likeness (QED) is 0.337. The zero-order valence-electron chi connectivity index (χ0n) is 17.9. The average molecular weight is 481 g/mol. The summed E-state index contributed by atoms with van der Waals surface area (Å²) in [5.41, 5.74) is 1.01. The topological polar surface area (TPSA) is 156 Å². The van der Waals surface area contributed by atoms with Gasteiger partial charge in [-0.25, -0.2) is 15.0 Å². The van der Waals surface area contributed by atoms with E-state index < -0.39 is 30.6 Å². The van der Waals surface area contributed by atoms with E-state index in [2.05, 4.69) is 25.6 Å². The zero-order valence-corrected chi connectivity index (χ0v) is 18.7. The lowest BCUT2D eigenvalue weighted by atomic mass is 10.1. The van der Waals surface area contributed by atoms with Crippen molar-refractivity contribution in [2.75, 3.05) is 25.1 Å². The molecule has 0 spiro atoms. The third-order valence-corrected chi connectivity index (χ3v) is 6.64. The lowest BCUT2D eigenvalue weighted by Gasteiger charge is -2.20. The molecule has 0 bridgehead atoms. The van der Waals surface area contributed by atoms with Gasteiger partial charge in [0.25, 0.3) is 5.17 Å². The number of nitrogens with one attached hydrogen (secondary N) is 2. The number of hydrogen-bond donors (Lipinski definition) is 5. The van der Waals surface area contributed by atoms with Gasteiger partial charge < -0.3 is 40.2 Å². The highest BCUT2D eigenvalue weighted by atomic mass is 32.1. The Bertz CT molecular complexity index is 987. The van der Waals surface area contributed by atoms with E-state index in [9.17, 15) is 15.3 Å². The summed E-state index contributed by atoms with van der Waals surface area (Å²) >= 11 is 5.20. The summed E-state index contributed by atoms with van der Waals surface area (Å²) in [6.07, 6.45) is 1.68. The standard InChI is InChI=1S/C20H28N6O6S/c27-12-3-1-2-11(12)25-20(33)31-7-13-15(28)16(29)19(32-13)26-9-23-14-17(21-8-22-18(14)26)24-10-4-5-30-6-10/h8-13,15-16,19,27-29H,1-7H2,(H,25,33)(H,21,22,24)/t10-,11-,12-,13?,15-,16-,19?/m1/s1. The minimum atomic E-state index is -1.22. The van der Waals surface area contributed by atoms with Crippen LogP contribution in [0.2, 0.25) is 0 Å². The maximum atomic E-state index is 10.7.